The van der Waals surface area contributed by atoms with E-state index < -0.39 is 15.6 Å². The first kappa shape index (κ1) is 15.8. The molecule has 13 heavy (non-hydrogen) atoms. The fourth-order valence-electron chi connectivity index (χ4n) is 0. The van der Waals surface area contributed by atoms with Gasteiger partial charge in [0.05, 0.1) is 12.5 Å². The highest BCUT2D eigenvalue weighted by molar-refractivity contribution is 7.96. The molecule has 0 fully saturated rings. The minimum Gasteiger partial charge on any atom is -0.741 e. The Morgan fingerprint density at radius 2 is 1.54 bits per heavy atom. The summed E-state index contributed by atoms with van der Waals surface area (Å²) in [6.07, 6.45) is 4.24. The zero-order chi connectivity index (χ0) is 11.3. The van der Waals surface area contributed by atoms with E-state index >= 15 is 0 Å². The molecule has 0 aliphatic heterocycles. The van der Waals surface area contributed by atoms with Gasteiger partial charge in [0, 0.05) is 0 Å². The maximum Gasteiger partial charge on any atom is 0.485 e. The normalized spacial score (nSPS) is 12.3. The van der Waals surface area contributed by atoms with Crippen LogP contribution in [-0.4, -0.2) is 36.2 Å². The molecule has 0 aromatic carbocycles. The standard InChI is InChI=1S/C3H8ClS.CHF3O3S/c1-5(2)3-4;2-1(3,4)8(5,6)7/h3H2,1-2H3;(H,5,6,7)/q+1;/p-1. The van der Waals surface area contributed by atoms with Crippen molar-refractivity contribution in [1.82, 2.24) is 0 Å². The SMILES string of the molecule is C[S+](C)CCl.O=S(=O)([O-])C(F)(F)F. The molecular formula is C4H8ClF3O3S2. The lowest BCUT2D eigenvalue weighted by molar-refractivity contribution is -0.0517. The zero-order valence-corrected chi connectivity index (χ0v) is 9.15. The minimum absolute atomic E-state index is 0.443. The Morgan fingerprint density at radius 3 is 1.54 bits per heavy atom. The van der Waals surface area contributed by atoms with Gasteiger partial charge < -0.3 is 4.55 Å². The Labute approximate surface area is 82.4 Å². The van der Waals surface area contributed by atoms with Crippen molar-refractivity contribution in [3.63, 3.8) is 0 Å². The molecule has 3 nitrogen and oxygen atoms in total. The van der Waals surface area contributed by atoms with Gasteiger partial charge in [-0.25, -0.2) is 8.42 Å². The van der Waals surface area contributed by atoms with E-state index in [0.717, 1.165) is 5.21 Å². The minimum atomic E-state index is -6.09. The van der Waals surface area contributed by atoms with Crippen LogP contribution in [0.15, 0.2) is 0 Å². The third-order valence-electron chi connectivity index (χ3n) is 0.502. The van der Waals surface area contributed by atoms with E-state index in [1.807, 2.05) is 0 Å². The van der Waals surface area contributed by atoms with E-state index in [1.165, 1.54) is 0 Å². The second-order valence-corrected chi connectivity index (χ2v) is 6.21. The molecule has 0 unspecified atom stereocenters. The molecule has 0 N–H and O–H groups in total. The van der Waals surface area contributed by atoms with Gasteiger partial charge in [-0.3, -0.25) is 0 Å². The molecule has 0 aliphatic rings. The summed E-state index contributed by atoms with van der Waals surface area (Å²) in [4.78, 5) is 0. The summed E-state index contributed by atoms with van der Waals surface area (Å²) in [6.45, 7) is 0. The molecular weight excluding hydrogens is 253 g/mol. The summed E-state index contributed by atoms with van der Waals surface area (Å²) in [5.74, 6) is 0. The van der Waals surface area contributed by atoms with Gasteiger partial charge in [0.1, 0.15) is 0 Å². The van der Waals surface area contributed by atoms with Gasteiger partial charge in [0.15, 0.2) is 15.3 Å². The molecule has 0 bridgehead atoms. The first-order valence-electron chi connectivity index (χ1n) is 2.64. The summed E-state index contributed by atoms with van der Waals surface area (Å²) >= 11 is 5.35. The zero-order valence-electron chi connectivity index (χ0n) is 6.76. The molecule has 0 saturated carbocycles. The summed E-state index contributed by atoms with van der Waals surface area (Å²) in [5, 5.41) is 0.806. The fourth-order valence-corrected chi connectivity index (χ4v) is 0. The maximum absolute atomic E-state index is 10.7. The Bertz CT molecular complexity index is 223. The number of rotatable bonds is 1. The van der Waals surface area contributed by atoms with Gasteiger partial charge in [0.2, 0.25) is 0 Å². The van der Waals surface area contributed by atoms with E-state index in [1.54, 1.807) is 0 Å². The highest BCUT2D eigenvalue weighted by atomic mass is 35.5. The van der Waals surface area contributed by atoms with E-state index in [2.05, 4.69) is 12.5 Å². The molecule has 82 valence electrons. The maximum atomic E-state index is 10.7. The first-order chi connectivity index (χ1) is 5.52. The van der Waals surface area contributed by atoms with Crippen molar-refractivity contribution in [2.45, 2.75) is 5.51 Å². The molecule has 0 aromatic heterocycles. The van der Waals surface area contributed by atoms with Crippen LogP contribution in [0.3, 0.4) is 0 Å². The molecule has 9 heteroatoms. The van der Waals surface area contributed by atoms with Crippen molar-refractivity contribution in [3.8, 4) is 0 Å². The van der Waals surface area contributed by atoms with Crippen LogP contribution in [0, 0.1) is 0 Å². The topological polar surface area (TPSA) is 57.2 Å². The molecule has 0 radical (unpaired) electrons. The Kier molecular flexibility index (Phi) is 7.22. The van der Waals surface area contributed by atoms with Crippen LogP contribution in [-0.2, 0) is 21.0 Å². The first-order valence-corrected chi connectivity index (χ1v) is 6.80. The lowest BCUT2D eigenvalue weighted by Gasteiger charge is -2.08. The Hall–Kier alpha value is 0.340. The van der Waals surface area contributed by atoms with E-state index in [0.29, 0.717) is 10.9 Å². The number of hydrogen-bond acceptors (Lipinski definition) is 3. The third-order valence-corrected chi connectivity index (χ3v) is 2.81. The van der Waals surface area contributed by atoms with Crippen molar-refractivity contribution in [1.29, 1.82) is 0 Å². The van der Waals surface area contributed by atoms with Crippen LogP contribution < -0.4 is 0 Å². The monoisotopic (exact) mass is 260 g/mol. The average molecular weight is 261 g/mol. The van der Waals surface area contributed by atoms with Gasteiger partial charge in [-0.1, -0.05) is 11.6 Å². The Balaban J connectivity index is 0. The summed E-state index contributed by atoms with van der Waals surface area (Å²) in [5.41, 5.74) is -5.65. The van der Waals surface area contributed by atoms with Gasteiger partial charge in [-0.2, -0.15) is 13.2 Å². The van der Waals surface area contributed by atoms with Gasteiger partial charge >= 0.3 is 5.51 Å². The molecule has 0 saturated heterocycles. The molecule has 0 aromatic rings. The van der Waals surface area contributed by atoms with Crippen molar-refractivity contribution in [2.24, 2.45) is 0 Å². The second kappa shape index (κ2) is 5.94. The van der Waals surface area contributed by atoms with E-state index in [9.17, 15) is 13.2 Å². The smallest absolute Gasteiger partial charge is 0.485 e. The number of hydrogen-bond donors (Lipinski definition) is 0. The Morgan fingerprint density at radius 1 is 1.38 bits per heavy atom. The van der Waals surface area contributed by atoms with Gasteiger partial charge in [-0.15, -0.1) is 0 Å². The highest BCUT2D eigenvalue weighted by Crippen LogP contribution is 2.20. The third kappa shape index (κ3) is 10.3. The molecule has 0 rings (SSSR count). The van der Waals surface area contributed by atoms with Crippen molar-refractivity contribution < 1.29 is 26.1 Å². The molecule has 0 aliphatic carbocycles. The van der Waals surface area contributed by atoms with Crippen LogP contribution in [0.5, 0.6) is 0 Å². The van der Waals surface area contributed by atoms with Crippen molar-refractivity contribution >= 4 is 32.6 Å². The summed E-state index contributed by atoms with van der Waals surface area (Å²) in [6, 6.07) is 0. The number of halogens is 4. The quantitative estimate of drug-likeness (QED) is 0.307. The lowest BCUT2D eigenvalue weighted by atomic mass is 11.6. The predicted molar refractivity (Wildman–Crippen MR) is 45.7 cm³/mol. The molecule has 0 atom stereocenters. The highest BCUT2D eigenvalue weighted by Gasteiger charge is 2.36. The largest absolute Gasteiger partial charge is 0.741 e. The van der Waals surface area contributed by atoms with E-state index in [4.69, 9.17) is 24.6 Å². The lowest BCUT2D eigenvalue weighted by Crippen LogP contribution is -2.21. The molecule has 0 amide bonds. The van der Waals surface area contributed by atoms with Crippen molar-refractivity contribution in [2.75, 3.05) is 17.7 Å². The summed E-state index contributed by atoms with van der Waals surface area (Å²) in [7, 11) is -5.65. The summed E-state index contributed by atoms with van der Waals surface area (Å²) < 4.78 is 58.9. The van der Waals surface area contributed by atoms with Crippen LogP contribution >= 0.6 is 11.6 Å². The fraction of sp³-hybridized carbons (Fsp3) is 1.00. The van der Waals surface area contributed by atoms with Crippen molar-refractivity contribution in [3.05, 3.63) is 0 Å². The predicted octanol–water partition coefficient (Wildman–Crippen LogP) is 1.11. The van der Waals surface area contributed by atoms with Crippen LogP contribution in [0.4, 0.5) is 13.2 Å². The van der Waals surface area contributed by atoms with Gasteiger partial charge in [-0.05, 0) is 10.9 Å². The van der Waals surface area contributed by atoms with E-state index in [-0.39, 0.29) is 0 Å². The van der Waals surface area contributed by atoms with Crippen LogP contribution in [0.1, 0.15) is 0 Å². The van der Waals surface area contributed by atoms with Crippen LogP contribution in [0.25, 0.3) is 0 Å². The van der Waals surface area contributed by atoms with Crippen LogP contribution in [0.2, 0.25) is 0 Å². The van der Waals surface area contributed by atoms with Gasteiger partial charge in [0.25, 0.3) is 0 Å². The molecule has 0 spiro atoms. The molecule has 0 heterocycles. The second-order valence-electron chi connectivity index (χ2n) is 1.99. The average Bonchev–Trinajstić information content (AvgIpc) is 1.84. The number of alkyl halides is 4.